The zero-order chi connectivity index (χ0) is 18.8. The zero-order valence-corrected chi connectivity index (χ0v) is 17.0. The largest absolute Gasteiger partial charge is 2.00 e. The fraction of sp³-hybridized carbons (Fsp3) is 0. The summed E-state index contributed by atoms with van der Waals surface area (Å²) in [6, 6.07) is 30.2. The van der Waals surface area contributed by atoms with Crippen LogP contribution >= 0.6 is 0 Å². The van der Waals surface area contributed by atoms with Crippen LogP contribution in [-0.2, 0) is 20.4 Å². The van der Waals surface area contributed by atoms with Crippen molar-refractivity contribution in [2.75, 3.05) is 0 Å². The first-order chi connectivity index (χ1) is 13.9. The van der Waals surface area contributed by atoms with E-state index in [1.807, 2.05) is 42.6 Å². The number of aromatic nitrogens is 2. The second kappa shape index (κ2) is 8.49. The maximum atomic E-state index is 4.59. The van der Waals surface area contributed by atoms with Gasteiger partial charge in [0, 0.05) is 17.9 Å². The molecule has 2 aromatic heterocycles. The molecule has 2 heterocycles. The van der Waals surface area contributed by atoms with Crippen molar-refractivity contribution in [3.8, 4) is 11.1 Å². The summed E-state index contributed by atoms with van der Waals surface area (Å²) in [6.07, 6.45) is 8.92. The Hall–Kier alpha value is -3.12. The van der Waals surface area contributed by atoms with Gasteiger partial charge in [0.2, 0.25) is 0 Å². The zero-order valence-electron chi connectivity index (χ0n) is 15.4. The summed E-state index contributed by atoms with van der Waals surface area (Å²) < 4.78 is 0. The molecule has 0 aliphatic carbocycles. The van der Waals surface area contributed by atoms with Gasteiger partial charge in [-0.15, -0.1) is 41.3 Å². The molecule has 5 rings (SSSR count). The summed E-state index contributed by atoms with van der Waals surface area (Å²) >= 11 is 0. The number of benzene rings is 3. The summed E-state index contributed by atoms with van der Waals surface area (Å²) in [4.78, 5) is 8.92. The predicted octanol–water partition coefficient (Wildman–Crippen LogP) is 6.11. The molecule has 0 unspecified atom stereocenters. The van der Waals surface area contributed by atoms with Gasteiger partial charge in [0.1, 0.15) is 0 Å². The molecule has 0 saturated heterocycles. The normalized spacial score (nSPS) is 11.0. The number of hydrogen-bond donors (Lipinski definition) is 0. The van der Waals surface area contributed by atoms with E-state index in [1.165, 1.54) is 0 Å². The van der Waals surface area contributed by atoms with E-state index in [1.54, 1.807) is 6.20 Å². The van der Waals surface area contributed by atoms with Gasteiger partial charge in [0.25, 0.3) is 0 Å². The first-order valence-corrected chi connectivity index (χ1v) is 9.18. The molecule has 0 aliphatic heterocycles. The molecule has 3 heteroatoms. The van der Waals surface area contributed by atoms with E-state index in [0.717, 1.165) is 44.1 Å². The number of pyridine rings is 2. The third-order valence-electron chi connectivity index (χ3n) is 4.77. The van der Waals surface area contributed by atoms with E-state index in [2.05, 4.69) is 70.6 Å². The number of fused-ring (bicyclic) bond motifs is 2. The van der Waals surface area contributed by atoms with Gasteiger partial charge in [-0.25, -0.2) is 5.56 Å². The quantitative estimate of drug-likeness (QED) is 0.239. The molecule has 0 aliphatic rings. The number of rotatable bonds is 3. The smallest absolute Gasteiger partial charge is 0.305 e. The summed E-state index contributed by atoms with van der Waals surface area (Å²) in [5.74, 6) is 0. The number of hydrogen-bond acceptors (Lipinski definition) is 2. The molecule has 0 fully saturated rings. The first kappa shape index (κ1) is 19.2. The first-order valence-electron chi connectivity index (χ1n) is 9.18. The van der Waals surface area contributed by atoms with Crippen molar-refractivity contribution < 1.29 is 20.4 Å². The average Bonchev–Trinajstić information content (AvgIpc) is 2.77. The topological polar surface area (TPSA) is 25.8 Å². The summed E-state index contributed by atoms with van der Waals surface area (Å²) in [7, 11) is 0. The molecule has 0 bridgehead atoms. The molecule has 0 radical (unpaired) electrons. The molecule has 140 valence electrons. The van der Waals surface area contributed by atoms with Crippen LogP contribution in [0.3, 0.4) is 0 Å². The minimum absolute atomic E-state index is 0. The van der Waals surface area contributed by atoms with Crippen LogP contribution in [0.1, 0.15) is 11.3 Å². The van der Waals surface area contributed by atoms with Gasteiger partial charge in [-0.3, -0.25) is 4.98 Å². The van der Waals surface area contributed by atoms with Gasteiger partial charge >= 0.3 is 20.4 Å². The van der Waals surface area contributed by atoms with E-state index >= 15 is 0 Å². The van der Waals surface area contributed by atoms with Crippen LogP contribution in [0.2, 0.25) is 0 Å². The van der Waals surface area contributed by atoms with E-state index in [-0.39, 0.29) is 20.4 Å². The van der Waals surface area contributed by atoms with Crippen molar-refractivity contribution >= 4 is 27.8 Å². The van der Waals surface area contributed by atoms with Crippen LogP contribution in [-0.4, -0.2) is 9.97 Å². The molecular weight excluding hydrogens is 447 g/mol. The summed E-state index contributed by atoms with van der Waals surface area (Å²) in [5, 5.41) is 3.31. The molecule has 29 heavy (non-hydrogen) atoms. The van der Waals surface area contributed by atoms with Crippen molar-refractivity contribution in [3.05, 3.63) is 115 Å². The Balaban J connectivity index is 0.00000205. The summed E-state index contributed by atoms with van der Waals surface area (Å²) in [5.41, 5.74) is 4.99. The molecule has 0 saturated carbocycles. The third kappa shape index (κ3) is 3.89. The Morgan fingerprint density at radius 1 is 0.724 bits per heavy atom. The van der Waals surface area contributed by atoms with Gasteiger partial charge in [-0.1, -0.05) is 42.0 Å². The van der Waals surface area contributed by atoms with Crippen LogP contribution in [0.5, 0.6) is 0 Å². The Kier molecular flexibility index (Phi) is 5.62. The Morgan fingerprint density at radius 3 is 2.45 bits per heavy atom. The predicted molar refractivity (Wildman–Crippen MR) is 115 cm³/mol. The van der Waals surface area contributed by atoms with Crippen molar-refractivity contribution in [1.29, 1.82) is 0 Å². The van der Waals surface area contributed by atoms with Gasteiger partial charge in [0.05, 0.1) is 0 Å². The molecule has 3 aromatic carbocycles. The van der Waals surface area contributed by atoms with Gasteiger partial charge in [-0.05, 0) is 23.2 Å². The van der Waals surface area contributed by atoms with Crippen molar-refractivity contribution in [3.63, 3.8) is 0 Å². The fourth-order valence-electron chi connectivity index (χ4n) is 3.41. The molecule has 5 aromatic rings. The molecular formula is C26H16N2Pd. The third-order valence-corrected chi connectivity index (χ3v) is 4.77. The van der Waals surface area contributed by atoms with Gasteiger partial charge < -0.3 is 4.98 Å². The molecule has 0 amide bonds. The maximum Gasteiger partial charge on any atom is 2.00 e. The van der Waals surface area contributed by atoms with E-state index in [4.69, 9.17) is 0 Å². The van der Waals surface area contributed by atoms with Gasteiger partial charge in [-0.2, -0.15) is 23.6 Å². The SMILES string of the molecule is [C-](=Cc1ccccn1)c1cccc2ccc(-c3cccc4cccnc34)[c-]c12.[Pd+2]. The standard InChI is InChI=1S/C26H16N2.Pd/c1-2-16-27-23(10-1)15-14-20-7-3-6-19-12-13-22(18-25(19)20)24-11-4-8-21-9-5-17-28-26(21)24;/h1-13,15-17H;/q-2;+2. The Labute approximate surface area is 183 Å². The van der Waals surface area contributed by atoms with Crippen LogP contribution in [0, 0.1) is 12.1 Å². The second-order valence-corrected chi connectivity index (χ2v) is 6.57. The van der Waals surface area contributed by atoms with Crippen molar-refractivity contribution in [2.45, 2.75) is 0 Å². The number of para-hydroxylation sites is 1. The summed E-state index contributed by atoms with van der Waals surface area (Å²) in [6.45, 7) is 0. The van der Waals surface area contributed by atoms with E-state index < -0.39 is 0 Å². The van der Waals surface area contributed by atoms with Crippen LogP contribution in [0.25, 0.3) is 38.9 Å². The molecule has 0 spiro atoms. The molecule has 0 N–H and O–H groups in total. The minimum atomic E-state index is 0. The van der Waals surface area contributed by atoms with Crippen molar-refractivity contribution in [2.24, 2.45) is 0 Å². The maximum absolute atomic E-state index is 4.59. The van der Waals surface area contributed by atoms with E-state index in [0.29, 0.717) is 0 Å². The van der Waals surface area contributed by atoms with Crippen LogP contribution in [0.15, 0.2) is 91.3 Å². The number of nitrogens with zero attached hydrogens (tertiary/aromatic N) is 2. The molecule has 2 nitrogen and oxygen atoms in total. The second-order valence-electron chi connectivity index (χ2n) is 6.57. The fourth-order valence-corrected chi connectivity index (χ4v) is 3.41. The van der Waals surface area contributed by atoms with Crippen LogP contribution < -0.4 is 0 Å². The van der Waals surface area contributed by atoms with Gasteiger partial charge in [0.15, 0.2) is 0 Å². The minimum Gasteiger partial charge on any atom is -0.305 e. The monoisotopic (exact) mass is 462 g/mol. The average molecular weight is 463 g/mol. The molecule has 0 atom stereocenters. The Bertz CT molecular complexity index is 1310. The Morgan fingerprint density at radius 2 is 1.55 bits per heavy atom. The van der Waals surface area contributed by atoms with Crippen LogP contribution in [0.4, 0.5) is 0 Å². The van der Waals surface area contributed by atoms with Crippen molar-refractivity contribution in [1.82, 2.24) is 9.97 Å². The van der Waals surface area contributed by atoms with E-state index in [9.17, 15) is 0 Å².